The van der Waals surface area contributed by atoms with Crippen LogP contribution in [0.15, 0.2) is 17.2 Å². The average molecular weight is 368 g/mol. The van der Waals surface area contributed by atoms with Crippen LogP contribution < -0.4 is 5.56 Å². The van der Waals surface area contributed by atoms with Gasteiger partial charge in [0, 0.05) is 17.0 Å². The number of halogens is 2. The molecule has 1 aromatic carbocycles. The fourth-order valence-corrected chi connectivity index (χ4v) is 3.31. The average Bonchev–Trinajstić information content (AvgIpc) is 2.90. The third-order valence-corrected chi connectivity index (χ3v) is 4.66. The number of hydrogen-bond donors (Lipinski definition) is 4. The van der Waals surface area contributed by atoms with Crippen LogP contribution in [-0.4, -0.2) is 59.7 Å². The standard InChI is InChI=1S/C15H14F2N4O5/c1-15(25)12(23)7(4-22)26-14(15)21-3-5-8-6(20-21)2-18-19-13(24)9(8)11(17)10(5)16/h2-3,7,12,14,22-23,25H,4H2,1H3,(H,19,24)/t7-,12-,14-,15-/m1/s1. The molecule has 3 aromatic rings. The zero-order valence-electron chi connectivity index (χ0n) is 13.3. The maximum absolute atomic E-state index is 14.4. The van der Waals surface area contributed by atoms with Gasteiger partial charge in [-0.3, -0.25) is 4.79 Å². The lowest BCUT2D eigenvalue weighted by Gasteiger charge is -2.27. The molecule has 1 saturated heterocycles. The predicted octanol–water partition coefficient (Wildman–Crippen LogP) is -0.447. The van der Waals surface area contributed by atoms with Crippen molar-refractivity contribution in [1.29, 1.82) is 0 Å². The van der Waals surface area contributed by atoms with Crippen molar-refractivity contribution in [3.05, 3.63) is 34.4 Å². The lowest BCUT2D eigenvalue weighted by Crippen LogP contribution is -2.44. The molecule has 4 atom stereocenters. The number of nitrogens with zero attached hydrogens (tertiary/aromatic N) is 3. The summed E-state index contributed by atoms with van der Waals surface area (Å²) in [5.74, 6) is -2.59. The first-order valence-electron chi connectivity index (χ1n) is 7.67. The molecule has 1 fully saturated rings. The van der Waals surface area contributed by atoms with E-state index in [0.717, 1.165) is 17.1 Å². The molecule has 2 aromatic heterocycles. The minimum absolute atomic E-state index is 0.0278. The normalized spacial score (nSPS) is 29.1. The van der Waals surface area contributed by atoms with Gasteiger partial charge in [0.15, 0.2) is 17.9 Å². The van der Waals surface area contributed by atoms with Crippen LogP contribution in [0.25, 0.3) is 21.7 Å². The molecule has 0 spiro atoms. The molecule has 0 radical (unpaired) electrons. The SMILES string of the molecule is C[C@@]1(O)[C@H](O)[C@@H](CO)O[C@H]1n1cc2c(F)c(F)c3c(=O)[nH]ncc(n1)c23. The molecule has 4 N–H and O–H groups in total. The van der Waals surface area contributed by atoms with Crippen LogP contribution in [0, 0.1) is 11.6 Å². The number of H-pyrrole nitrogens is 1. The first kappa shape index (κ1) is 17.0. The fourth-order valence-electron chi connectivity index (χ4n) is 3.31. The predicted molar refractivity (Wildman–Crippen MR) is 83.2 cm³/mol. The second-order valence-corrected chi connectivity index (χ2v) is 6.37. The zero-order valence-corrected chi connectivity index (χ0v) is 13.3. The summed E-state index contributed by atoms with van der Waals surface area (Å²) in [6.45, 7) is 0.702. The number of ether oxygens (including phenoxy) is 1. The van der Waals surface area contributed by atoms with Crippen molar-refractivity contribution in [3.63, 3.8) is 0 Å². The van der Waals surface area contributed by atoms with E-state index in [9.17, 15) is 28.9 Å². The fraction of sp³-hybridized carbons (Fsp3) is 0.400. The minimum Gasteiger partial charge on any atom is -0.394 e. The summed E-state index contributed by atoms with van der Waals surface area (Å²) in [6, 6.07) is 0. The largest absolute Gasteiger partial charge is 0.394 e. The number of aromatic amines is 1. The van der Waals surface area contributed by atoms with Gasteiger partial charge in [0.2, 0.25) is 0 Å². The Morgan fingerprint density at radius 3 is 2.77 bits per heavy atom. The smallest absolute Gasteiger partial charge is 0.275 e. The van der Waals surface area contributed by atoms with Gasteiger partial charge in [-0.2, -0.15) is 10.2 Å². The van der Waals surface area contributed by atoms with Crippen molar-refractivity contribution in [3.8, 4) is 0 Å². The monoisotopic (exact) mass is 368 g/mol. The number of aliphatic hydroxyl groups is 3. The molecule has 1 aliphatic rings. The van der Waals surface area contributed by atoms with E-state index in [1.165, 1.54) is 6.92 Å². The van der Waals surface area contributed by atoms with E-state index in [-0.39, 0.29) is 16.3 Å². The Bertz CT molecular complexity index is 1080. The van der Waals surface area contributed by atoms with Gasteiger partial charge in [-0.05, 0) is 6.92 Å². The summed E-state index contributed by atoms with van der Waals surface area (Å²) in [7, 11) is 0. The first-order chi connectivity index (χ1) is 12.3. The van der Waals surface area contributed by atoms with Crippen LogP contribution >= 0.6 is 0 Å². The molecule has 3 heterocycles. The Balaban J connectivity index is 2.02. The second-order valence-electron chi connectivity index (χ2n) is 6.37. The van der Waals surface area contributed by atoms with Crippen molar-refractivity contribution in [2.75, 3.05) is 6.61 Å². The molecule has 9 nitrogen and oxygen atoms in total. The molecule has 11 heteroatoms. The highest BCUT2D eigenvalue weighted by Crippen LogP contribution is 2.39. The Morgan fingerprint density at radius 2 is 2.12 bits per heavy atom. The maximum atomic E-state index is 14.4. The summed E-state index contributed by atoms with van der Waals surface area (Å²) < 4.78 is 35.0. The van der Waals surface area contributed by atoms with Crippen LogP contribution in [-0.2, 0) is 4.74 Å². The molecule has 4 rings (SSSR count). The van der Waals surface area contributed by atoms with Crippen molar-refractivity contribution in [1.82, 2.24) is 20.0 Å². The van der Waals surface area contributed by atoms with Gasteiger partial charge in [0.25, 0.3) is 5.56 Å². The van der Waals surface area contributed by atoms with Crippen LogP contribution in [0.4, 0.5) is 8.78 Å². The minimum atomic E-state index is -1.87. The Morgan fingerprint density at radius 1 is 1.38 bits per heavy atom. The first-order valence-corrected chi connectivity index (χ1v) is 7.67. The number of aromatic nitrogens is 4. The van der Waals surface area contributed by atoms with Crippen molar-refractivity contribution in [2.24, 2.45) is 0 Å². The number of rotatable bonds is 2. The highest BCUT2D eigenvalue weighted by Gasteiger charge is 2.53. The molecule has 26 heavy (non-hydrogen) atoms. The second kappa shape index (κ2) is 5.51. The third-order valence-electron chi connectivity index (χ3n) is 4.66. The molecule has 0 amide bonds. The lowest BCUT2D eigenvalue weighted by atomic mass is 9.97. The van der Waals surface area contributed by atoms with Gasteiger partial charge in [0.05, 0.1) is 18.2 Å². The van der Waals surface area contributed by atoms with Gasteiger partial charge < -0.3 is 20.1 Å². The number of nitrogens with one attached hydrogen (secondary N) is 1. The van der Waals surface area contributed by atoms with E-state index in [1.807, 2.05) is 0 Å². The van der Waals surface area contributed by atoms with Gasteiger partial charge in [-0.25, -0.2) is 18.6 Å². The Hall–Kier alpha value is -2.47. The van der Waals surface area contributed by atoms with E-state index in [2.05, 4.69) is 15.3 Å². The van der Waals surface area contributed by atoms with Crippen molar-refractivity contribution in [2.45, 2.75) is 31.0 Å². The van der Waals surface area contributed by atoms with Crippen LogP contribution in [0.3, 0.4) is 0 Å². The highest BCUT2D eigenvalue weighted by molar-refractivity contribution is 6.09. The summed E-state index contributed by atoms with van der Waals surface area (Å²) in [5, 5.41) is 38.8. The summed E-state index contributed by atoms with van der Waals surface area (Å²) in [4.78, 5) is 11.9. The van der Waals surface area contributed by atoms with Gasteiger partial charge in [-0.1, -0.05) is 0 Å². The Labute approximate surface area is 143 Å². The molecule has 0 saturated carbocycles. The summed E-state index contributed by atoms with van der Waals surface area (Å²) in [6.07, 6.45) is -1.64. The molecule has 138 valence electrons. The number of aliphatic hydroxyl groups excluding tert-OH is 2. The van der Waals surface area contributed by atoms with Crippen LogP contribution in [0.5, 0.6) is 0 Å². The molecule has 0 bridgehead atoms. The van der Waals surface area contributed by atoms with Crippen LogP contribution in [0.2, 0.25) is 0 Å². The van der Waals surface area contributed by atoms with E-state index in [1.54, 1.807) is 0 Å². The van der Waals surface area contributed by atoms with E-state index in [0.29, 0.717) is 0 Å². The summed E-state index contributed by atoms with van der Waals surface area (Å²) >= 11 is 0. The zero-order chi connectivity index (χ0) is 18.8. The Kier molecular flexibility index (Phi) is 3.60. The van der Waals surface area contributed by atoms with E-state index < -0.39 is 53.2 Å². The van der Waals surface area contributed by atoms with E-state index >= 15 is 0 Å². The highest BCUT2D eigenvalue weighted by atomic mass is 19.2. The van der Waals surface area contributed by atoms with Gasteiger partial charge in [-0.15, -0.1) is 0 Å². The van der Waals surface area contributed by atoms with Crippen molar-refractivity contribution < 1.29 is 28.8 Å². The summed E-state index contributed by atoms with van der Waals surface area (Å²) in [5.41, 5.74) is -2.81. The van der Waals surface area contributed by atoms with E-state index in [4.69, 9.17) is 4.74 Å². The quantitative estimate of drug-likeness (QED) is 0.481. The maximum Gasteiger partial charge on any atom is 0.275 e. The third kappa shape index (κ3) is 2.11. The molecule has 0 aliphatic carbocycles. The topological polar surface area (TPSA) is 133 Å². The molecular formula is C15H14F2N4O5. The van der Waals surface area contributed by atoms with Crippen molar-refractivity contribution >= 4 is 21.7 Å². The van der Waals surface area contributed by atoms with Crippen LogP contribution in [0.1, 0.15) is 13.2 Å². The molecular weight excluding hydrogens is 354 g/mol. The van der Waals surface area contributed by atoms with Gasteiger partial charge in [0.1, 0.15) is 23.3 Å². The molecule has 0 unspecified atom stereocenters. The number of hydrogen-bond acceptors (Lipinski definition) is 7. The lowest BCUT2D eigenvalue weighted by molar-refractivity contribution is -0.102. The molecule has 1 aliphatic heterocycles. The van der Waals surface area contributed by atoms with Gasteiger partial charge >= 0.3 is 0 Å².